The summed E-state index contributed by atoms with van der Waals surface area (Å²) in [6.07, 6.45) is 0.996. The lowest BCUT2D eigenvalue weighted by Gasteiger charge is -2.40. The van der Waals surface area contributed by atoms with Crippen molar-refractivity contribution in [3.63, 3.8) is 0 Å². The molecule has 1 rings (SSSR count). The normalized spacial score (nSPS) is 14.2. The molecule has 18 heavy (non-hydrogen) atoms. The second-order valence-corrected chi connectivity index (χ2v) is 5.76. The molecule has 4 nitrogen and oxygen atoms in total. The maximum absolute atomic E-state index is 4.43. The van der Waals surface area contributed by atoms with Crippen LogP contribution in [0.5, 0.6) is 0 Å². The first-order chi connectivity index (χ1) is 8.28. The van der Waals surface area contributed by atoms with Crippen molar-refractivity contribution in [1.82, 2.24) is 20.0 Å². The SMILES string of the molecule is CCNC(Cc1cc(C)nn1C)C(C)(C)N(C)C. The van der Waals surface area contributed by atoms with E-state index in [2.05, 4.69) is 56.2 Å². The van der Waals surface area contributed by atoms with E-state index >= 15 is 0 Å². The molecular weight excluding hydrogens is 224 g/mol. The Morgan fingerprint density at radius 1 is 1.44 bits per heavy atom. The fourth-order valence-electron chi connectivity index (χ4n) is 2.19. The van der Waals surface area contributed by atoms with Gasteiger partial charge in [-0.05, 0) is 47.5 Å². The molecule has 0 amide bonds. The maximum atomic E-state index is 4.43. The fraction of sp³-hybridized carbons (Fsp3) is 0.786. The molecule has 0 bridgehead atoms. The predicted octanol–water partition coefficient (Wildman–Crippen LogP) is 1.59. The van der Waals surface area contributed by atoms with E-state index in [1.807, 2.05) is 18.7 Å². The summed E-state index contributed by atoms with van der Waals surface area (Å²) in [5.41, 5.74) is 2.48. The van der Waals surface area contributed by atoms with Gasteiger partial charge in [-0.1, -0.05) is 6.92 Å². The van der Waals surface area contributed by atoms with Crippen LogP contribution in [-0.4, -0.2) is 46.9 Å². The van der Waals surface area contributed by atoms with Gasteiger partial charge in [-0.25, -0.2) is 0 Å². The van der Waals surface area contributed by atoms with Crippen LogP contribution in [0, 0.1) is 6.92 Å². The van der Waals surface area contributed by atoms with Gasteiger partial charge < -0.3 is 10.2 Å². The molecule has 0 spiro atoms. The molecule has 1 atom stereocenters. The molecule has 0 aromatic carbocycles. The smallest absolute Gasteiger partial charge is 0.0596 e. The Bertz CT molecular complexity index is 379. The van der Waals surface area contributed by atoms with Crippen LogP contribution >= 0.6 is 0 Å². The molecule has 0 aliphatic heterocycles. The molecule has 1 heterocycles. The van der Waals surface area contributed by atoms with Gasteiger partial charge in [0.25, 0.3) is 0 Å². The van der Waals surface area contributed by atoms with Gasteiger partial charge in [0.1, 0.15) is 0 Å². The molecule has 1 aromatic heterocycles. The van der Waals surface area contributed by atoms with Gasteiger partial charge >= 0.3 is 0 Å². The molecule has 0 radical (unpaired) electrons. The Hall–Kier alpha value is -0.870. The van der Waals surface area contributed by atoms with Crippen LogP contribution in [0.2, 0.25) is 0 Å². The number of nitrogens with zero attached hydrogens (tertiary/aromatic N) is 3. The van der Waals surface area contributed by atoms with Crippen LogP contribution in [0.4, 0.5) is 0 Å². The van der Waals surface area contributed by atoms with Crippen molar-refractivity contribution in [2.45, 2.75) is 45.7 Å². The molecular formula is C14H28N4. The summed E-state index contributed by atoms with van der Waals surface area (Å²) in [5.74, 6) is 0. The topological polar surface area (TPSA) is 33.1 Å². The summed E-state index contributed by atoms with van der Waals surface area (Å²) < 4.78 is 1.99. The number of hydrogen-bond donors (Lipinski definition) is 1. The van der Waals surface area contributed by atoms with E-state index in [0.29, 0.717) is 6.04 Å². The Balaban J connectivity index is 2.90. The predicted molar refractivity (Wildman–Crippen MR) is 76.9 cm³/mol. The van der Waals surface area contributed by atoms with E-state index < -0.39 is 0 Å². The van der Waals surface area contributed by atoms with E-state index in [1.165, 1.54) is 5.69 Å². The standard InChI is InChI=1S/C14H28N4/c1-8-15-13(14(3,4)17(5)6)10-12-9-11(2)16-18(12)7/h9,13,15H,8,10H2,1-7H3. The zero-order chi connectivity index (χ0) is 13.9. The van der Waals surface area contributed by atoms with Gasteiger partial charge in [-0.2, -0.15) is 5.10 Å². The third kappa shape index (κ3) is 3.33. The molecule has 0 aliphatic carbocycles. The van der Waals surface area contributed by atoms with Crippen molar-refractivity contribution >= 4 is 0 Å². The highest BCUT2D eigenvalue weighted by atomic mass is 15.3. The second kappa shape index (κ2) is 5.85. The lowest BCUT2D eigenvalue weighted by molar-refractivity contribution is 0.137. The molecule has 1 N–H and O–H groups in total. The van der Waals surface area contributed by atoms with Gasteiger partial charge in [0.15, 0.2) is 0 Å². The number of hydrogen-bond acceptors (Lipinski definition) is 3. The summed E-state index contributed by atoms with van der Waals surface area (Å²) >= 11 is 0. The van der Waals surface area contributed by atoms with Crippen molar-refractivity contribution < 1.29 is 0 Å². The molecule has 1 aromatic rings. The van der Waals surface area contributed by atoms with Gasteiger partial charge in [0.05, 0.1) is 5.69 Å². The fourth-order valence-corrected chi connectivity index (χ4v) is 2.19. The Kier molecular flexibility index (Phi) is 4.93. The third-order valence-electron chi connectivity index (χ3n) is 3.97. The first-order valence-electron chi connectivity index (χ1n) is 6.69. The van der Waals surface area contributed by atoms with Gasteiger partial charge in [-0.15, -0.1) is 0 Å². The Morgan fingerprint density at radius 3 is 2.44 bits per heavy atom. The number of rotatable bonds is 6. The minimum absolute atomic E-state index is 0.105. The zero-order valence-electron chi connectivity index (χ0n) is 12.9. The maximum Gasteiger partial charge on any atom is 0.0596 e. The molecule has 0 saturated carbocycles. The third-order valence-corrected chi connectivity index (χ3v) is 3.97. The first kappa shape index (κ1) is 15.2. The lowest BCUT2D eigenvalue weighted by atomic mass is 9.89. The largest absolute Gasteiger partial charge is 0.312 e. The molecule has 0 saturated heterocycles. The molecule has 0 fully saturated rings. The summed E-state index contributed by atoms with van der Waals surface area (Å²) in [6, 6.07) is 2.59. The Morgan fingerprint density at radius 2 is 2.06 bits per heavy atom. The van der Waals surface area contributed by atoms with Crippen LogP contribution in [0.25, 0.3) is 0 Å². The molecule has 104 valence electrons. The van der Waals surface area contributed by atoms with Crippen molar-refractivity contribution in [1.29, 1.82) is 0 Å². The highest BCUT2D eigenvalue weighted by Gasteiger charge is 2.31. The minimum Gasteiger partial charge on any atom is -0.312 e. The van der Waals surface area contributed by atoms with E-state index in [0.717, 1.165) is 18.7 Å². The van der Waals surface area contributed by atoms with Gasteiger partial charge in [-0.3, -0.25) is 4.68 Å². The average molecular weight is 252 g/mol. The van der Waals surface area contributed by atoms with E-state index in [9.17, 15) is 0 Å². The number of aromatic nitrogens is 2. The lowest BCUT2D eigenvalue weighted by Crippen LogP contribution is -2.56. The first-order valence-corrected chi connectivity index (χ1v) is 6.69. The Labute approximate surface area is 111 Å². The minimum atomic E-state index is 0.105. The quantitative estimate of drug-likeness (QED) is 0.834. The number of aryl methyl sites for hydroxylation is 2. The number of likely N-dealkylation sites (N-methyl/N-ethyl adjacent to an activating group) is 2. The summed E-state index contributed by atoms with van der Waals surface area (Å²) in [7, 11) is 6.30. The summed E-state index contributed by atoms with van der Waals surface area (Å²) in [4.78, 5) is 2.28. The molecule has 0 aliphatic rings. The van der Waals surface area contributed by atoms with E-state index in [4.69, 9.17) is 0 Å². The van der Waals surface area contributed by atoms with Crippen molar-refractivity contribution in [3.05, 3.63) is 17.5 Å². The van der Waals surface area contributed by atoms with Crippen LogP contribution in [-0.2, 0) is 13.5 Å². The van der Waals surface area contributed by atoms with Gasteiger partial charge in [0.2, 0.25) is 0 Å². The summed E-state index contributed by atoms with van der Waals surface area (Å²) in [6.45, 7) is 9.75. The summed E-state index contributed by atoms with van der Waals surface area (Å²) in [5, 5.41) is 8.03. The van der Waals surface area contributed by atoms with Crippen LogP contribution in [0.3, 0.4) is 0 Å². The van der Waals surface area contributed by atoms with Crippen LogP contribution in [0.15, 0.2) is 6.07 Å². The van der Waals surface area contributed by atoms with Crippen molar-refractivity contribution in [2.24, 2.45) is 7.05 Å². The van der Waals surface area contributed by atoms with E-state index in [1.54, 1.807) is 0 Å². The zero-order valence-corrected chi connectivity index (χ0v) is 12.9. The van der Waals surface area contributed by atoms with E-state index in [-0.39, 0.29) is 5.54 Å². The highest BCUT2D eigenvalue weighted by Crippen LogP contribution is 2.19. The van der Waals surface area contributed by atoms with Gasteiger partial charge in [0, 0.05) is 30.7 Å². The molecule has 4 heteroatoms. The molecule has 1 unspecified atom stereocenters. The average Bonchev–Trinajstić information content (AvgIpc) is 2.56. The van der Waals surface area contributed by atoms with Crippen LogP contribution in [0.1, 0.15) is 32.2 Å². The monoisotopic (exact) mass is 252 g/mol. The van der Waals surface area contributed by atoms with Crippen molar-refractivity contribution in [2.75, 3.05) is 20.6 Å². The second-order valence-electron chi connectivity index (χ2n) is 5.76. The number of nitrogens with one attached hydrogen (secondary N) is 1. The van der Waals surface area contributed by atoms with Crippen LogP contribution < -0.4 is 5.32 Å². The van der Waals surface area contributed by atoms with Crippen molar-refractivity contribution in [3.8, 4) is 0 Å². The highest BCUT2D eigenvalue weighted by molar-refractivity contribution is 5.12.